The highest BCUT2D eigenvalue weighted by molar-refractivity contribution is 6.30. The number of carbonyl (C=O) groups is 2. The van der Waals surface area contributed by atoms with Crippen LogP contribution in [0, 0.1) is 0 Å². The molecule has 0 radical (unpaired) electrons. The molecular weight excluding hydrogens is 424 g/mol. The third kappa shape index (κ3) is 4.37. The Bertz CT molecular complexity index is 1020. The molecule has 2 amide bonds. The van der Waals surface area contributed by atoms with Crippen LogP contribution in [0.25, 0.3) is 5.57 Å². The van der Waals surface area contributed by atoms with Crippen LogP contribution in [0.3, 0.4) is 0 Å². The molecular formula is C25H27ClN4O2. The van der Waals surface area contributed by atoms with E-state index in [1.54, 1.807) is 18.3 Å². The molecule has 2 aliphatic heterocycles. The Hall–Kier alpha value is -2.86. The second-order valence-electron chi connectivity index (χ2n) is 9.07. The zero-order chi connectivity index (χ0) is 22.2. The number of halogens is 1. The number of hydrogen-bond acceptors (Lipinski definition) is 4. The number of benzene rings is 1. The van der Waals surface area contributed by atoms with Gasteiger partial charge in [0.15, 0.2) is 0 Å². The van der Waals surface area contributed by atoms with Crippen molar-refractivity contribution in [3.05, 3.63) is 65.3 Å². The van der Waals surface area contributed by atoms with Gasteiger partial charge in [0, 0.05) is 41.0 Å². The number of nitrogens with one attached hydrogen (secondary N) is 2. The van der Waals surface area contributed by atoms with Gasteiger partial charge in [-0.25, -0.2) is 4.98 Å². The number of fused-ring (bicyclic) bond motifs is 2. The van der Waals surface area contributed by atoms with Gasteiger partial charge >= 0.3 is 0 Å². The first-order valence-electron chi connectivity index (χ1n) is 11.3. The maximum absolute atomic E-state index is 12.8. The lowest BCUT2D eigenvalue weighted by molar-refractivity contribution is -0.116. The highest BCUT2D eigenvalue weighted by Gasteiger charge is 2.42. The fourth-order valence-corrected chi connectivity index (χ4v) is 5.02. The molecule has 0 spiro atoms. The summed E-state index contributed by atoms with van der Waals surface area (Å²) in [6.07, 6.45) is 7.74. The molecule has 1 saturated carbocycles. The van der Waals surface area contributed by atoms with Crippen molar-refractivity contribution in [3.63, 3.8) is 0 Å². The first-order chi connectivity index (χ1) is 15.5. The van der Waals surface area contributed by atoms with E-state index in [2.05, 4.69) is 27.1 Å². The van der Waals surface area contributed by atoms with Crippen molar-refractivity contribution in [2.75, 3.05) is 4.90 Å². The Morgan fingerprint density at radius 3 is 2.16 bits per heavy atom. The van der Waals surface area contributed by atoms with Gasteiger partial charge in [-0.05, 0) is 68.4 Å². The Labute approximate surface area is 193 Å². The van der Waals surface area contributed by atoms with Gasteiger partial charge < -0.3 is 15.5 Å². The topological polar surface area (TPSA) is 74.3 Å². The summed E-state index contributed by atoms with van der Waals surface area (Å²) in [6.45, 7) is 3.97. The number of nitrogens with zero attached hydrogens (tertiary/aromatic N) is 2. The number of rotatable bonds is 6. The van der Waals surface area contributed by atoms with Gasteiger partial charge in [-0.15, -0.1) is 0 Å². The Morgan fingerprint density at radius 1 is 0.906 bits per heavy atom. The Kier molecular flexibility index (Phi) is 5.64. The number of amides is 2. The lowest BCUT2D eigenvalue weighted by Crippen LogP contribution is -2.50. The number of aromatic nitrogens is 1. The van der Waals surface area contributed by atoms with Crippen LogP contribution in [0.15, 0.2) is 49.2 Å². The predicted molar refractivity (Wildman–Crippen MR) is 126 cm³/mol. The van der Waals surface area contributed by atoms with E-state index >= 15 is 0 Å². The van der Waals surface area contributed by atoms with Crippen LogP contribution in [0.4, 0.5) is 5.82 Å². The molecule has 2 N–H and O–H groups in total. The molecule has 3 aliphatic rings. The number of piperidine rings is 1. The summed E-state index contributed by atoms with van der Waals surface area (Å²) in [5, 5.41) is 6.82. The van der Waals surface area contributed by atoms with E-state index in [0.29, 0.717) is 34.3 Å². The van der Waals surface area contributed by atoms with Crippen LogP contribution in [-0.2, 0) is 4.79 Å². The fraction of sp³-hybridized carbons (Fsp3) is 0.400. The summed E-state index contributed by atoms with van der Waals surface area (Å²) in [6, 6.07) is 12.1. The second kappa shape index (κ2) is 8.58. The van der Waals surface area contributed by atoms with Crippen LogP contribution in [0.5, 0.6) is 0 Å². The van der Waals surface area contributed by atoms with Crippen molar-refractivity contribution < 1.29 is 9.59 Å². The fourth-order valence-electron chi connectivity index (χ4n) is 4.89. The second-order valence-corrected chi connectivity index (χ2v) is 9.51. The number of anilines is 1. The maximum Gasteiger partial charge on any atom is 0.253 e. The van der Waals surface area contributed by atoms with E-state index in [9.17, 15) is 9.59 Å². The first-order valence-corrected chi connectivity index (χ1v) is 11.7. The minimum absolute atomic E-state index is 0.0446. The van der Waals surface area contributed by atoms with E-state index in [0.717, 1.165) is 49.9 Å². The molecule has 7 heteroatoms. The minimum atomic E-state index is -0.130. The van der Waals surface area contributed by atoms with E-state index < -0.39 is 0 Å². The molecule has 32 heavy (non-hydrogen) atoms. The van der Waals surface area contributed by atoms with Gasteiger partial charge in [0.1, 0.15) is 5.82 Å². The van der Waals surface area contributed by atoms with Crippen molar-refractivity contribution in [2.45, 2.75) is 62.7 Å². The van der Waals surface area contributed by atoms with Crippen LogP contribution in [-0.4, -0.2) is 41.0 Å². The van der Waals surface area contributed by atoms with Crippen LogP contribution < -0.4 is 15.5 Å². The maximum atomic E-state index is 12.8. The largest absolute Gasteiger partial charge is 0.350 e. The summed E-state index contributed by atoms with van der Waals surface area (Å²) in [5.41, 5.74) is 1.84. The third-order valence-corrected chi connectivity index (χ3v) is 6.97. The van der Waals surface area contributed by atoms with Gasteiger partial charge in [0.25, 0.3) is 11.8 Å². The zero-order valence-corrected chi connectivity index (χ0v) is 18.6. The standard InChI is InChI=1S/C25H27ClN4O2/c1-15(16-2-5-18(26)6-3-16)24(31)29-20-12-21-9-10-22(13-20)30(21)23-11-4-17(14-27-23)25(32)28-19-7-8-19/h2-6,11,14,19-22H,1,7-10,12-13H2,(H,28,32)(H,29,31). The summed E-state index contributed by atoms with van der Waals surface area (Å²) < 4.78 is 0. The van der Waals surface area contributed by atoms with Crippen molar-refractivity contribution >= 4 is 34.8 Å². The Morgan fingerprint density at radius 2 is 1.56 bits per heavy atom. The van der Waals surface area contributed by atoms with Crippen LogP contribution >= 0.6 is 11.6 Å². The average molecular weight is 451 g/mol. The normalized spacial score (nSPS) is 24.2. The summed E-state index contributed by atoms with van der Waals surface area (Å²) in [4.78, 5) is 32.0. The summed E-state index contributed by atoms with van der Waals surface area (Å²) >= 11 is 5.94. The molecule has 1 aliphatic carbocycles. The van der Waals surface area contributed by atoms with Gasteiger partial charge in [0.05, 0.1) is 5.56 Å². The van der Waals surface area contributed by atoms with Crippen molar-refractivity contribution in [1.82, 2.24) is 15.6 Å². The average Bonchev–Trinajstić information content (AvgIpc) is 3.57. The number of pyridine rings is 1. The molecule has 2 unspecified atom stereocenters. The molecule has 2 bridgehead atoms. The lowest BCUT2D eigenvalue weighted by Gasteiger charge is -2.40. The monoisotopic (exact) mass is 450 g/mol. The van der Waals surface area contributed by atoms with E-state index in [1.165, 1.54) is 0 Å². The number of hydrogen-bond donors (Lipinski definition) is 2. The molecule has 1 aromatic heterocycles. The summed E-state index contributed by atoms with van der Waals surface area (Å²) in [5.74, 6) is 0.738. The Balaban J connectivity index is 1.20. The first kappa shape index (κ1) is 21.0. The molecule has 3 heterocycles. The smallest absolute Gasteiger partial charge is 0.253 e. The highest BCUT2D eigenvalue weighted by atomic mass is 35.5. The third-order valence-electron chi connectivity index (χ3n) is 6.72. The minimum Gasteiger partial charge on any atom is -0.350 e. The SMILES string of the molecule is C=C(C(=O)NC1CC2CCC(C1)N2c1ccc(C(=O)NC2CC2)cn1)c1ccc(Cl)cc1. The lowest BCUT2D eigenvalue weighted by atomic mass is 9.96. The highest BCUT2D eigenvalue weighted by Crippen LogP contribution is 2.38. The molecule has 2 saturated heterocycles. The predicted octanol–water partition coefficient (Wildman–Crippen LogP) is 3.96. The van der Waals surface area contributed by atoms with Gasteiger partial charge in [0.2, 0.25) is 0 Å². The molecule has 166 valence electrons. The zero-order valence-electron chi connectivity index (χ0n) is 17.9. The molecule has 3 fully saturated rings. The van der Waals surface area contributed by atoms with Gasteiger partial charge in [-0.3, -0.25) is 9.59 Å². The van der Waals surface area contributed by atoms with Crippen molar-refractivity contribution in [1.29, 1.82) is 0 Å². The summed E-state index contributed by atoms with van der Waals surface area (Å²) in [7, 11) is 0. The van der Waals surface area contributed by atoms with Gasteiger partial charge in [-0.2, -0.15) is 0 Å². The molecule has 2 aromatic rings. The van der Waals surface area contributed by atoms with E-state index in [4.69, 9.17) is 11.6 Å². The number of carbonyl (C=O) groups excluding carboxylic acids is 2. The van der Waals surface area contributed by atoms with E-state index in [-0.39, 0.29) is 17.9 Å². The quantitative estimate of drug-likeness (QED) is 0.653. The molecule has 5 rings (SSSR count). The molecule has 6 nitrogen and oxygen atoms in total. The van der Waals surface area contributed by atoms with Gasteiger partial charge in [-0.1, -0.05) is 30.3 Å². The van der Waals surface area contributed by atoms with Crippen molar-refractivity contribution in [2.24, 2.45) is 0 Å². The van der Waals surface area contributed by atoms with E-state index in [1.807, 2.05) is 24.3 Å². The van der Waals surface area contributed by atoms with Crippen molar-refractivity contribution in [3.8, 4) is 0 Å². The molecule has 2 atom stereocenters. The van der Waals surface area contributed by atoms with Crippen LogP contribution in [0.2, 0.25) is 5.02 Å². The molecule has 1 aromatic carbocycles. The van der Waals surface area contributed by atoms with Crippen LogP contribution in [0.1, 0.15) is 54.4 Å².